The molecule has 0 rings (SSSR count). The van der Waals surface area contributed by atoms with Gasteiger partial charge in [0, 0.05) is 21.3 Å². The van der Waals surface area contributed by atoms with Crippen molar-refractivity contribution in [2.75, 3.05) is 180 Å². The summed E-state index contributed by atoms with van der Waals surface area (Å²) in [5, 5.41) is 0. The molecule has 43 heavy (non-hydrogen) atoms. The molecule has 0 N–H and O–H groups in total. The average molecular weight is 633 g/mol. The third-order valence-electron chi connectivity index (χ3n) is 4.97. The van der Waals surface area contributed by atoms with Crippen LogP contribution in [0.2, 0.25) is 0 Å². The SMILES string of the molecule is COCCOCCOCCOCCOB(OCCOCCOCCOCCOC)OCCOCCOCCOCCOC. The molecule has 0 saturated carbocycles. The third kappa shape index (κ3) is 37.6. The average Bonchev–Trinajstić information content (AvgIpc) is 3.02. The van der Waals surface area contributed by atoms with E-state index in [0.29, 0.717) is 139 Å². The molecular weight excluding hydrogens is 575 g/mol. The van der Waals surface area contributed by atoms with E-state index >= 15 is 0 Å². The van der Waals surface area contributed by atoms with Crippen molar-refractivity contribution in [2.45, 2.75) is 0 Å². The van der Waals surface area contributed by atoms with Crippen molar-refractivity contribution in [2.24, 2.45) is 0 Å². The van der Waals surface area contributed by atoms with E-state index in [1.54, 1.807) is 21.3 Å². The summed E-state index contributed by atoms with van der Waals surface area (Å²) < 4.78 is 80.7. The Morgan fingerprint density at radius 1 is 0.233 bits per heavy atom. The minimum atomic E-state index is -0.878. The lowest BCUT2D eigenvalue weighted by atomic mass is 10.2. The highest BCUT2D eigenvalue weighted by Crippen LogP contribution is 1.95. The maximum atomic E-state index is 5.68. The summed E-state index contributed by atoms with van der Waals surface area (Å²) in [4.78, 5) is 0. The van der Waals surface area contributed by atoms with Crippen molar-refractivity contribution < 1.29 is 70.8 Å². The Kier molecular flexibility index (Phi) is 39.0. The van der Waals surface area contributed by atoms with Crippen LogP contribution in [0.3, 0.4) is 0 Å². The van der Waals surface area contributed by atoms with Crippen molar-refractivity contribution in [1.82, 2.24) is 0 Å². The zero-order valence-electron chi connectivity index (χ0n) is 26.7. The van der Waals surface area contributed by atoms with Crippen LogP contribution in [0.5, 0.6) is 0 Å². The van der Waals surface area contributed by atoms with E-state index in [1.807, 2.05) is 0 Å². The Balaban J connectivity index is 3.90. The topological polar surface area (TPSA) is 138 Å². The molecule has 0 aromatic heterocycles. The van der Waals surface area contributed by atoms with Gasteiger partial charge in [-0.15, -0.1) is 0 Å². The molecular formula is C27H57BO15. The van der Waals surface area contributed by atoms with E-state index in [9.17, 15) is 0 Å². The third-order valence-corrected chi connectivity index (χ3v) is 4.97. The van der Waals surface area contributed by atoms with Gasteiger partial charge in [-0.2, -0.15) is 0 Å². The van der Waals surface area contributed by atoms with Gasteiger partial charge in [0.15, 0.2) is 0 Å². The molecule has 0 aromatic rings. The molecule has 0 aliphatic rings. The second kappa shape index (κ2) is 39.5. The van der Waals surface area contributed by atoms with Crippen LogP contribution in [0.25, 0.3) is 0 Å². The Hall–Kier alpha value is -0.535. The van der Waals surface area contributed by atoms with Crippen LogP contribution in [0.1, 0.15) is 0 Å². The molecule has 0 aromatic carbocycles. The first kappa shape index (κ1) is 42.5. The molecule has 258 valence electrons. The van der Waals surface area contributed by atoms with Gasteiger partial charge in [-0.25, -0.2) is 0 Å². The van der Waals surface area contributed by atoms with Crippen LogP contribution in [0.15, 0.2) is 0 Å². The molecule has 0 saturated heterocycles. The predicted octanol–water partition coefficient (Wildman–Crippen LogP) is 0.110. The van der Waals surface area contributed by atoms with Crippen molar-refractivity contribution in [3.05, 3.63) is 0 Å². The summed E-state index contributed by atoms with van der Waals surface area (Å²) in [6, 6.07) is 0. The Morgan fingerprint density at radius 3 is 0.581 bits per heavy atom. The van der Waals surface area contributed by atoms with E-state index in [0.717, 1.165) is 0 Å². The van der Waals surface area contributed by atoms with Gasteiger partial charge in [-0.3, -0.25) is 0 Å². The summed E-state index contributed by atoms with van der Waals surface area (Å²) in [6.45, 7) is 11.1. The molecule has 0 atom stereocenters. The van der Waals surface area contributed by atoms with E-state index in [1.165, 1.54) is 0 Å². The van der Waals surface area contributed by atoms with Crippen molar-refractivity contribution in [1.29, 1.82) is 0 Å². The predicted molar refractivity (Wildman–Crippen MR) is 157 cm³/mol. The zero-order chi connectivity index (χ0) is 31.2. The van der Waals surface area contributed by atoms with Crippen LogP contribution in [-0.4, -0.2) is 187 Å². The molecule has 0 fully saturated rings. The Labute approximate surface area is 258 Å². The van der Waals surface area contributed by atoms with Gasteiger partial charge in [-0.1, -0.05) is 0 Å². The molecule has 0 amide bonds. The molecule has 0 bridgehead atoms. The van der Waals surface area contributed by atoms with Gasteiger partial charge in [0.25, 0.3) is 0 Å². The highest BCUT2D eigenvalue weighted by molar-refractivity contribution is 6.36. The minimum Gasteiger partial charge on any atom is -0.383 e. The van der Waals surface area contributed by atoms with Crippen LogP contribution in [0.4, 0.5) is 0 Å². The Morgan fingerprint density at radius 2 is 0.395 bits per heavy atom. The molecule has 0 aliphatic heterocycles. The minimum absolute atomic E-state index is 0.285. The highest BCUT2D eigenvalue weighted by Gasteiger charge is 2.21. The fourth-order valence-corrected chi connectivity index (χ4v) is 2.81. The van der Waals surface area contributed by atoms with Gasteiger partial charge >= 0.3 is 7.32 Å². The molecule has 0 spiro atoms. The summed E-state index contributed by atoms with van der Waals surface area (Å²) in [6.07, 6.45) is 0. The van der Waals surface area contributed by atoms with Crippen LogP contribution < -0.4 is 0 Å². The lowest BCUT2D eigenvalue weighted by Crippen LogP contribution is -2.32. The fourth-order valence-electron chi connectivity index (χ4n) is 2.81. The highest BCUT2D eigenvalue weighted by atomic mass is 16.7. The van der Waals surface area contributed by atoms with Crippen molar-refractivity contribution in [3.8, 4) is 0 Å². The normalized spacial score (nSPS) is 11.5. The molecule has 0 radical (unpaired) electrons. The van der Waals surface area contributed by atoms with Gasteiger partial charge < -0.3 is 70.8 Å². The van der Waals surface area contributed by atoms with Crippen LogP contribution in [0, 0.1) is 0 Å². The smallest absolute Gasteiger partial charge is 0.383 e. The van der Waals surface area contributed by atoms with E-state index in [4.69, 9.17) is 70.8 Å². The number of hydrogen-bond acceptors (Lipinski definition) is 15. The first-order valence-electron chi connectivity index (χ1n) is 14.9. The lowest BCUT2D eigenvalue weighted by molar-refractivity contribution is -0.0166. The largest absolute Gasteiger partial charge is 0.639 e. The van der Waals surface area contributed by atoms with Gasteiger partial charge in [-0.05, 0) is 0 Å². The van der Waals surface area contributed by atoms with E-state index < -0.39 is 7.32 Å². The van der Waals surface area contributed by atoms with Crippen molar-refractivity contribution >= 4 is 7.32 Å². The first-order chi connectivity index (χ1) is 21.3. The molecule has 0 aliphatic carbocycles. The van der Waals surface area contributed by atoms with Gasteiger partial charge in [0.1, 0.15) is 0 Å². The molecule has 16 heteroatoms. The number of ether oxygens (including phenoxy) is 12. The zero-order valence-corrected chi connectivity index (χ0v) is 26.7. The van der Waals surface area contributed by atoms with Gasteiger partial charge in [0.05, 0.1) is 159 Å². The molecule has 0 heterocycles. The van der Waals surface area contributed by atoms with Crippen LogP contribution in [-0.2, 0) is 70.8 Å². The summed E-state index contributed by atoms with van der Waals surface area (Å²) in [7, 11) is 4.03. The van der Waals surface area contributed by atoms with E-state index in [2.05, 4.69) is 0 Å². The number of methoxy groups -OCH3 is 3. The maximum absolute atomic E-state index is 5.68. The van der Waals surface area contributed by atoms with Gasteiger partial charge in [0.2, 0.25) is 0 Å². The quantitative estimate of drug-likeness (QED) is 0.0669. The monoisotopic (exact) mass is 632 g/mol. The van der Waals surface area contributed by atoms with Crippen molar-refractivity contribution in [3.63, 3.8) is 0 Å². The first-order valence-corrected chi connectivity index (χ1v) is 14.9. The number of hydrogen-bond donors (Lipinski definition) is 0. The molecule has 0 unspecified atom stereocenters. The second-order valence-corrected chi connectivity index (χ2v) is 8.39. The number of rotatable bonds is 39. The standard InChI is InChI=1S/C27H57BO15/c1-29-4-7-32-10-13-35-16-19-38-22-25-41-28(42-26-23-39-20-17-36-14-11-33-8-5-30-2)43-27-24-40-21-18-37-15-12-34-9-6-31-3/h4-27H2,1-3H3. The summed E-state index contributed by atoms with van der Waals surface area (Å²) >= 11 is 0. The Bertz CT molecular complexity index is 433. The molecule has 15 nitrogen and oxygen atoms in total. The summed E-state index contributed by atoms with van der Waals surface area (Å²) in [5.41, 5.74) is 0. The van der Waals surface area contributed by atoms with E-state index in [-0.39, 0.29) is 19.8 Å². The maximum Gasteiger partial charge on any atom is 0.639 e. The second-order valence-electron chi connectivity index (χ2n) is 8.39. The van der Waals surface area contributed by atoms with Crippen LogP contribution >= 0.6 is 0 Å². The fraction of sp³-hybridized carbons (Fsp3) is 1.00. The lowest BCUT2D eigenvalue weighted by Gasteiger charge is -2.15. The summed E-state index contributed by atoms with van der Waals surface area (Å²) in [5.74, 6) is 0.